The van der Waals surface area contributed by atoms with Crippen LogP contribution in [0.1, 0.15) is 42.7 Å². The summed E-state index contributed by atoms with van der Waals surface area (Å²) in [4.78, 5) is 26.2. The average molecular weight is 408 g/mol. The number of rotatable bonds is 9. The van der Waals surface area contributed by atoms with Gasteiger partial charge in [-0.2, -0.15) is 0 Å². The van der Waals surface area contributed by atoms with Crippen LogP contribution < -0.4 is 11.1 Å². The van der Waals surface area contributed by atoms with Gasteiger partial charge in [-0.15, -0.1) is 0 Å². The first kappa shape index (κ1) is 21.6. The Kier molecular flexibility index (Phi) is 7.63. The van der Waals surface area contributed by atoms with Gasteiger partial charge in [0.05, 0.1) is 17.3 Å². The maximum Gasteiger partial charge on any atom is 0.310 e. The van der Waals surface area contributed by atoms with Gasteiger partial charge < -0.3 is 21.1 Å². The third kappa shape index (κ3) is 6.19. The molecule has 0 radical (unpaired) electrons. The molecule has 0 bridgehead atoms. The highest BCUT2D eigenvalue weighted by Gasteiger charge is 2.20. The smallest absolute Gasteiger partial charge is 0.310 e. The van der Waals surface area contributed by atoms with Crippen LogP contribution in [0.2, 0.25) is 0 Å². The van der Waals surface area contributed by atoms with Gasteiger partial charge in [0.15, 0.2) is 0 Å². The first-order chi connectivity index (χ1) is 14.5. The number of nitrogen functional groups attached to an aromatic ring is 1. The molecule has 1 aliphatic heterocycles. The number of carbonyl (C=O) groups excluding carboxylic acids is 1. The van der Waals surface area contributed by atoms with Gasteiger partial charge in [0, 0.05) is 6.08 Å². The summed E-state index contributed by atoms with van der Waals surface area (Å²) in [6.07, 6.45) is 7.12. The van der Waals surface area contributed by atoms with Gasteiger partial charge in [0.1, 0.15) is 0 Å². The number of benzene rings is 2. The van der Waals surface area contributed by atoms with Crippen molar-refractivity contribution in [2.45, 2.75) is 31.6 Å². The van der Waals surface area contributed by atoms with Crippen LogP contribution in [0, 0.1) is 0 Å². The average Bonchev–Trinajstić information content (AvgIpc) is 3.25. The number of hydrogen-bond acceptors (Lipinski definition) is 4. The SMILES string of the molecule is Nc1ccccc1NC(=O)C=Cc1ccc(C(CCCN2CCCC2)C(=O)O)cc1. The van der Waals surface area contributed by atoms with E-state index >= 15 is 0 Å². The van der Waals surface area contributed by atoms with Gasteiger partial charge in [-0.3, -0.25) is 9.59 Å². The van der Waals surface area contributed by atoms with Crippen LogP contribution in [0.15, 0.2) is 54.6 Å². The van der Waals surface area contributed by atoms with Crippen molar-refractivity contribution in [2.24, 2.45) is 0 Å². The Morgan fingerprint density at radius 1 is 1.10 bits per heavy atom. The van der Waals surface area contributed by atoms with Crippen molar-refractivity contribution in [3.8, 4) is 0 Å². The van der Waals surface area contributed by atoms with Gasteiger partial charge >= 0.3 is 5.97 Å². The van der Waals surface area contributed by atoms with Crippen LogP contribution >= 0.6 is 0 Å². The number of aliphatic carboxylic acids is 1. The third-order valence-corrected chi connectivity index (χ3v) is 5.45. The number of nitrogens with one attached hydrogen (secondary N) is 1. The lowest BCUT2D eigenvalue weighted by atomic mass is 9.93. The largest absolute Gasteiger partial charge is 0.481 e. The number of hydrogen-bond donors (Lipinski definition) is 3. The second-order valence-corrected chi connectivity index (χ2v) is 7.66. The highest BCUT2D eigenvalue weighted by Crippen LogP contribution is 2.23. The Balaban J connectivity index is 1.55. The fraction of sp³-hybridized carbons (Fsp3) is 0.333. The molecule has 30 heavy (non-hydrogen) atoms. The molecule has 158 valence electrons. The van der Waals surface area contributed by atoms with E-state index in [-0.39, 0.29) is 5.91 Å². The molecule has 2 aromatic rings. The zero-order chi connectivity index (χ0) is 21.3. The Morgan fingerprint density at radius 3 is 2.47 bits per heavy atom. The number of nitrogens with zero attached hydrogens (tertiary/aromatic N) is 1. The molecule has 6 nitrogen and oxygen atoms in total. The minimum Gasteiger partial charge on any atom is -0.481 e. The summed E-state index contributed by atoms with van der Waals surface area (Å²) >= 11 is 0. The van der Waals surface area contributed by atoms with E-state index in [1.165, 1.54) is 18.9 Å². The van der Waals surface area contributed by atoms with Crippen LogP contribution in [-0.4, -0.2) is 41.5 Å². The summed E-state index contributed by atoms with van der Waals surface area (Å²) in [7, 11) is 0. The molecule has 0 aromatic heterocycles. The van der Waals surface area contributed by atoms with E-state index in [9.17, 15) is 14.7 Å². The fourth-order valence-corrected chi connectivity index (χ4v) is 3.75. The number of nitrogens with two attached hydrogens (primary N) is 1. The Hall–Kier alpha value is -3.12. The van der Waals surface area contributed by atoms with Crippen molar-refractivity contribution in [3.05, 3.63) is 65.7 Å². The number of carboxylic acid groups (broad SMARTS) is 1. The number of amides is 1. The van der Waals surface area contributed by atoms with Gasteiger partial charge in [-0.1, -0.05) is 36.4 Å². The maximum atomic E-state index is 12.1. The molecule has 2 aromatic carbocycles. The quantitative estimate of drug-likeness (QED) is 0.432. The molecule has 4 N–H and O–H groups in total. The van der Waals surface area contributed by atoms with Crippen LogP contribution in [0.3, 0.4) is 0 Å². The zero-order valence-electron chi connectivity index (χ0n) is 17.1. The van der Waals surface area contributed by atoms with Crippen molar-refractivity contribution >= 4 is 29.3 Å². The topological polar surface area (TPSA) is 95.7 Å². The predicted molar refractivity (Wildman–Crippen MR) is 120 cm³/mol. The Bertz CT molecular complexity index is 887. The summed E-state index contributed by atoms with van der Waals surface area (Å²) in [5.74, 6) is -1.57. The summed E-state index contributed by atoms with van der Waals surface area (Å²) in [6, 6.07) is 14.4. The number of carboxylic acids is 1. The molecule has 1 atom stereocenters. The van der Waals surface area contributed by atoms with Crippen LogP contribution in [-0.2, 0) is 9.59 Å². The van der Waals surface area contributed by atoms with E-state index < -0.39 is 11.9 Å². The second kappa shape index (κ2) is 10.6. The van der Waals surface area contributed by atoms with Gasteiger partial charge in [0.25, 0.3) is 0 Å². The Morgan fingerprint density at radius 2 is 1.80 bits per heavy atom. The second-order valence-electron chi connectivity index (χ2n) is 7.66. The molecular formula is C24H29N3O3. The number of para-hydroxylation sites is 2. The zero-order valence-corrected chi connectivity index (χ0v) is 17.1. The standard InChI is InChI=1S/C24H29N3O3/c25-21-7-1-2-8-22(21)26-23(28)14-11-18-9-12-19(13-10-18)20(24(29)30)6-5-17-27-15-3-4-16-27/h1-2,7-14,20H,3-6,15-17,25H2,(H,26,28)(H,29,30). The normalized spacial score (nSPS) is 15.3. The molecule has 3 rings (SSSR count). The van der Waals surface area contributed by atoms with E-state index in [4.69, 9.17) is 5.73 Å². The van der Waals surface area contributed by atoms with E-state index in [2.05, 4.69) is 10.2 Å². The molecule has 1 amide bonds. The Labute approximate surface area is 177 Å². The lowest BCUT2D eigenvalue weighted by molar-refractivity contribution is -0.139. The van der Waals surface area contributed by atoms with Gasteiger partial charge in [-0.25, -0.2) is 0 Å². The number of carbonyl (C=O) groups is 2. The number of likely N-dealkylation sites (tertiary alicyclic amines) is 1. The molecule has 6 heteroatoms. The summed E-state index contributed by atoms with van der Waals surface area (Å²) < 4.78 is 0. The molecule has 1 unspecified atom stereocenters. The summed E-state index contributed by atoms with van der Waals surface area (Å²) in [5.41, 5.74) is 8.53. The van der Waals surface area contributed by atoms with E-state index in [0.717, 1.165) is 37.2 Å². The molecule has 0 saturated carbocycles. The molecule has 1 aliphatic rings. The van der Waals surface area contributed by atoms with Gasteiger partial charge in [-0.05, 0) is 74.7 Å². The minimum atomic E-state index is -0.792. The van der Waals surface area contributed by atoms with Gasteiger partial charge in [0.2, 0.25) is 5.91 Å². The van der Waals surface area contributed by atoms with Crippen molar-refractivity contribution in [2.75, 3.05) is 30.7 Å². The fourth-order valence-electron chi connectivity index (χ4n) is 3.75. The van der Waals surface area contributed by atoms with Crippen LogP contribution in [0.25, 0.3) is 6.08 Å². The minimum absolute atomic E-state index is 0.276. The molecule has 1 saturated heterocycles. The van der Waals surface area contributed by atoms with Crippen LogP contribution in [0.4, 0.5) is 11.4 Å². The lowest BCUT2D eigenvalue weighted by Gasteiger charge is -2.17. The van der Waals surface area contributed by atoms with Crippen molar-refractivity contribution in [3.63, 3.8) is 0 Å². The van der Waals surface area contributed by atoms with Crippen molar-refractivity contribution in [1.82, 2.24) is 4.90 Å². The third-order valence-electron chi connectivity index (χ3n) is 5.45. The predicted octanol–water partition coefficient (Wildman–Crippen LogP) is 3.96. The highest BCUT2D eigenvalue weighted by atomic mass is 16.4. The number of anilines is 2. The first-order valence-electron chi connectivity index (χ1n) is 10.4. The summed E-state index contributed by atoms with van der Waals surface area (Å²) in [5, 5.41) is 12.4. The van der Waals surface area contributed by atoms with Crippen molar-refractivity contribution in [1.29, 1.82) is 0 Å². The molecule has 0 aliphatic carbocycles. The lowest BCUT2D eigenvalue weighted by Crippen LogP contribution is -2.22. The maximum absolute atomic E-state index is 12.1. The highest BCUT2D eigenvalue weighted by molar-refractivity contribution is 6.03. The monoisotopic (exact) mass is 407 g/mol. The molecular weight excluding hydrogens is 378 g/mol. The van der Waals surface area contributed by atoms with Crippen molar-refractivity contribution < 1.29 is 14.7 Å². The molecule has 1 heterocycles. The van der Waals surface area contributed by atoms with E-state index in [1.807, 2.05) is 24.3 Å². The molecule has 1 fully saturated rings. The first-order valence-corrected chi connectivity index (χ1v) is 10.4. The van der Waals surface area contributed by atoms with E-state index in [0.29, 0.717) is 17.8 Å². The van der Waals surface area contributed by atoms with Crippen LogP contribution in [0.5, 0.6) is 0 Å². The van der Waals surface area contributed by atoms with E-state index in [1.54, 1.807) is 30.3 Å². The summed E-state index contributed by atoms with van der Waals surface area (Å²) in [6.45, 7) is 3.22. The molecule has 0 spiro atoms.